The molecule has 1 aliphatic rings. The standard InChI is InChI=1S/C30H31ClF3N5O3S/c1-38-9-11-39(12-10-38)23-6-8-27(36-28(41)22-4-2-3-21(15-22)19-43-14-13-40)24(17-23)29(42)37-35-18-20-5-7-26(31)25(16-20)30(32,33)34/h2-8,15-18,40H,9-14,19H2,1H3,(H,36,41)(H,37,42)/b35-18+. The Morgan fingerprint density at radius 2 is 1.81 bits per heavy atom. The number of nitrogens with one attached hydrogen (secondary N) is 2. The quantitative estimate of drug-likeness (QED) is 0.158. The maximum Gasteiger partial charge on any atom is 0.417 e. The van der Waals surface area contributed by atoms with Crippen LogP contribution in [0.5, 0.6) is 0 Å². The second kappa shape index (κ2) is 14.7. The lowest BCUT2D eigenvalue weighted by molar-refractivity contribution is -0.137. The number of aliphatic hydroxyl groups is 1. The molecule has 2 amide bonds. The Bertz CT molecular complexity index is 1480. The lowest BCUT2D eigenvalue weighted by Crippen LogP contribution is -2.44. The van der Waals surface area contributed by atoms with Crippen LogP contribution in [0.25, 0.3) is 0 Å². The first kappa shape index (κ1) is 32.3. The molecule has 0 aromatic heterocycles. The Hall–Kier alpha value is -3.58. The summed E-state index contributed by atoms with van der Waals surface area (Å²) >= 11 is 7.23. The van der Waals surface area contributed by atoms with Gasteiger partial charge < -0.3 is 20.2 Å². The summed E-state index contributed by atoms with van der Waals surface area (Å²) in [4.78, 5) is 30.8. The molecule has 0 atom stereocenters. The number of hydrazone groups is 1. The number of benzene rings is 3. The number of halogens is 4. The third kappa shape index (κ3) is 8.96. The van der Waals surface area contributed by atoms with Gasteiger partial charge in [-0.15, -0.1) is 0 Å². The van der Waals surface area contributed by atoms with Crippen LogP contribution < -0.4 is 15.6 Å². The summed E-state index contributed by atoms with van der Waals surface area (Å²) in [6, 6.07) is 15.5. The molecule has 228 valence electrons. The highest BCUT2D eigenvalue weighted by Crippen LogP contribution is 2.35. The fraction of sp³-hybridized carbons (Fsp3) is 0.300. The number of amides is 2. The van der Waals surface area contributed by atoms with E-state index in [1.165, 1.54) is 6.07 Å². The molecule has 4 rings (SSSR count). The molecular weight excluding hydrogens is 603 g/mol. The Morgan fingerprint density at radius 1 is 1.05 bits per heavy atom. The Morgan fingerprint density at radius 3 is 2.53 bits per heavy atom. The summed E-state index contributed by atoms with van der Waals surface area (Å²) in [7, 11) is 2.03. The molecule has 3 aromatic carbocycles. The average Bonchev–Trinajstić information content (AvgIpc) is 2.98. The zero-order valence-corrected chi connectivity index (χ0v) is 24.9. The van der Waals surface area contributed by atoms with E-state index in [9.17, 15) is 22.8 Å². The second-order valence-corrected chi connectivity index (χ2v) is 11.4. The molecule has 1 aliphatic heterocycles. The van der Waals surface area contributed by atoms with Crippen LogP contribution in [0, 0.1) is 0 Å². The average molecular weight is 634 g/mol. The third-order valence-electron chi connectivity index (χ3n) is 6.73. The lowest BCUT2D eigenvalue weighted by Gasteiger charge is -2.34. The molecule has 1 heterocycles. The number of hydrogen-bond acceptors (Lipinski definition) is 7. The first-order valence-electron chi connectivity index (χ1n) is 13.4. The molecule has 3 N–H and O–H groups in total. The van der Waals surface area contributed by atoms with Crippen LogP contribution in [0.4, 0.5) is 24.5 Å². The van der Waals surface area contributed by atoms with Crippen molar-refractivity contribution in [1.29, 1.82) is 0 Å². The molecule has 0 aliphatic carbocycles. The number of hydrogen-bond donors (Lipinski definition) is 3. The molecule has 8 nitrogen and oxygen atoms in total. The van der Waals surface area contributed by atoms with Gasteiger partial charge >= 0.3 is 6.18 Å². The van der Waals surface area contributed by atoms with E-state index in [2.05, 4.69) is 25.6 Å². The molecule has 0 radical (unpaired) electrons. The maximum absolute atomic E-state index is 13.3. The molecule has 13 heteroatoms. The van der Waals surface area contributed by atoms with Crippen LogP contribution in [0.1, 0.15) is 37.4 Å². The first-order valence-corrected chi connectivity index (χ1v) is 14.9. The molecule has 0 bridgehead atoms. The van der Waals surface area contributed by atoms with Crippen LogP contribution >= 0.6 is 23.4 Å². The highest BCUT2D eigenvalue weighted by Gasteiger charge is 2.33. The van der Waals surface area contributed by atoms with Crippen LogP contribution in [0.3, 0.4) is 0 Å². The molecule has 0 unspecified atom stereocenters. The van der Waals surface area contributed by atoms with E-state index < -0.39 is 28.6 Å². The van der Waals surface area contributed by atoms with Gasteiger partial charge in [-0.25, -0.2) is 5.43 Å². The Balaban J connectivity index is 1.56. The van der Waals surface area contributed by atoms with Gasteiger partial charge in [0.1, 0.15) is 0 Å². The van der Waals surface area contributed by atoms with Crippen molar-refractivity contribution in [2.24, 2.45) is 5.10 Å². The second-order valence-electron chi connectivity index (χ2n) is 9.89. The van der Waals surface area contributed by atoms with Gasteiger partial charge in [0.05, 0.1) is 34.7 Å². The summed E-state index contributed by atoms with van der Waals surface area (Å²) in [5, 5.41) is 15.3. The highest BCUT2D eigenvalue weighted by atomic mass is 35.5. The van der Waals surface area contributed by atoms with Gasteiger partial charge in [0.25, 0.3) is 11.8 Å². The predicted molar refractivity (Wildman–Crippen MR) is 165 cm³/mol. The van der Waals surface area contributed by atoms with E-state index in [4.69, 9.17) is 16.7 Å². The molecule has 43 heavy (non-hydrogen) atoms. The minimum absolute atomic E-state index is 0.0676. The molecule has 0 spiro atoms. The summed E-state index contributed by atoms with van der Waals surface area (Å²) in [6.45, 7) is 3.26. The normalized spacial score (nSPS) is 14.2. The molecule has 1 fully saturated rings. The minimum atomic E-state index is -4.64. The fourth-order valence-electron chi connectivity index (χ4n) is 4.41. The van der Waals surface area contributed by atoms with E-state index in [0.717, 1.165) is 55.8 Å². The van der Waals surface area contributed by atoms with Crippen LogP contribution in [0.15, 0.2) is 65.8 Å². The molecular formula is C30H31ClF3N5O3S. The number of piperazine rings is 1. The number of carbonyl (C=O) groups excluding carboxylic acids is 2. The summed E-state index contributed by atoms with van der Waals surface area (Å²) < 4.78 is 39.7. The largest absolute Gasteiger partial charge is 0.417 e. The van der Waals surface area contributed by atoms with Crippen LogP contribution in [-0.4, -0.2) is 73.6 Å². The zero-order chi connectivity index (χ0) is 31.0. The number of nitrogens with zero attached hydrogens (tertiary/aromatic N) is 3. The van der Waals surface area contributed by atoms with E-state index in [0.29, 0.717) is 17.1 Å². The zero-order valence-electron chi connectivity index (χ0n) is 23.3. The van der Waals surface area contributed by atoms with Gasteiger partial charge in [-0.3, -0.25) is 9.59 Å². The number of thioether (sulfide) groups is 1. The topological polar surface area (TPSA) is 97.3 Å². The first-order chi connectivity index (χ1) is 20.5. The van der Waals surface area contributed by atoms with Crippen molar-refractivity contribution >= 4 is 52.8 Å². The van der Waals surface area contributed by atoms with Crippen LogP contribution in [-0.2, 0) is 11.9 Å². The van der Waals surface area contributed by atoms with E-state index in [-0.39, 0.29) is 23.4 Å². The Labute approximate surface area is 256 Å². The van der Waals surface area contributed by atoms with Crippen molar-refractivity contribution in [2.75, 3.05) is 55.8 Å². The third-order valence-corrected chi connectivity index (χ3v) is 8.07. The van der Waals surface area contributed by atoms with Gasteiger partial charge in [-0.1, -0.05) is 29.8 Å². The van der Waals surface area contributed by atoms with Gasteiger partial charge in [0.2, 0.25) is 0 Å². The Kier molecular flexibility index (Phi) is 11.1. The van der Waals surface area contributed by atoms with E-state index in [1.54, 1.807) is 42.1 Å². The lowest BCUT2D eigenvalue weighted by atomic mass is 10.1. The summed E-state index contributed by atoms with van der Waals surface area (Å²) in [5.41, 5.74) is 3.94. The predicted octanol–water partition coefficient (Wildman–Crippen LogP) is 5.35. The number of likely N-dealkylation sites (N-methyl/N-ethyl adjacent to an activating group) is 1. The van der Waals surface area contributed by atoms with Gasteiger partial charge in [0, 0.05) is 48.9 Å². The van der Waals surface area contributed by atoms with Gasteiger partial charge in [0.15, 0.2) is 0 Å². The number of rotatable bonds is 10. The van der Waals surface area contributed by atoms with Gasteiger partial charge in [-0.05, 0) is 60.6 Å². The fourth-order valence-corrected chi connectivity index (χ4v) is 5.32. The summed E-state index contributed by atoms with van der Waals surface area (Å²) in [6.07, 6.45) is -3.55. The van der Waals surface area contributed by atoms with Crippen molar-refractivity contribution in [2.45, 2.75) is 11.9 Å². The van der Waals surface area contributed by atoms with E-state index in [1.807, 2.05) is 19.2 Å². The molecule has 1 saturated heterocycles. The van der Waals surface area contributed by atoms with Crippen molar-refractivity contribution < 1.29 is 27.9 Å². The smallest absolute Gasteiger partial charge is 0.396 e. The molecule has 3 aromatic rings. The number of carbonyl (C=O) groups is 2. The monoisotopic (exact) mass is 633 g/mol. The van der Waals surface area contributed by atoms with Crippen molar-refractivity contribution in [1.82, 2.24) is 10.3 Å². The number of aliphatic hydroxyl groups excluding tert-OH is 1. The van der Waals surface area contributed by atoms with Crippen molar-refractivity contribution in [3.8, 4) is 0 Å². The molecule has 0 saturated carbocycles. The van der Waals surface area contributed by atoms with E-state index >= 15 is 0 Å². The SMILES string of the molecule is CN1CCN(c2ccc(NC(=O)c3cccc(CSCCO)c3)c(C(=O)N/N=C/c3ccc(Cl)c(C(F)(F)F)c3)c2)CC1. The highest BCUT2D eigenvalue weighted by molar-refractivity contribution is 7.98. The minimum Gasteiger partial charge on any atom is -0.396 e. The summed E-state index contributed by atoms with van der Waals surface area (Å²) in [5.74, 6) is 0.144. The number of anilines is 2. The maximum atomic E-state index is 13.3. The van der Waals surface area contributed by atoms with Crippen LogP contribution in [0.2, 0.25) is 5.02 Å². The van der Waals surface area contributed by atoms with Crippen molar-refractivity contribution in [3.05, 3.63) is 93.5 Å². The van der Waals surface area contributed by atoms with Crippen molar-refractivity contribution in [3.63, 3.8) is 0 Å². The van der Waals surface area contributed by atoms with Gasteiger partial charge in [-0.2, -0.15) is 30.0 Å². The number of alkyl halides is 3.